The molecule has 0 heterocycles. The molecule has 0 fully saturated rings. The van der Waals surface area contributed by atoms with Crippen molar-refractivity contribution in [1.29, 1.82) is 0 Å². The minimum Gasteiger partial charge on any atom is -0.502 e. The molecular weight excluding hydrogens is 542 g/mol. The van der Waals surface area contributed by atoms with Gasteiger partial charge in [-0.05, 0) is 25.3 Å². The van der Waals surface area contributed by atoms with Gasteiger partial charge in [0.25, 0.3) is 0 Å². The average molecular weight is 590 g/mol. The second kappa shape index (κ2) is 17.6. The molecule has 0 aliphatic heterocycles. The number of sulfone groups is 2. The third-order valence-corrected chi connectivity index (χ3v) is 10.5. The molecule has 0 saturated heterocycles. The molecule has 1 aromatic carbocycles. The standard InChI is InChI=1S/C28H47NO8S2/c1-4-7-10-11-12-13-14-15-16-17-18-19-23(30)26-24(38(34,35)20-8-5-2)22-25(27(28(26)31)29(32)33)39(36,37)21-9-6-3/h22,31H,4-21H2,1-3H3. The fourth-order valence-electron chi connectivity index (χ4n) is 4.50. The molecule has 0 saturated carbocycles. The highest BCUT2D eigenvalue weighted by molar-refractivity contribution is 7.92. The Morgan fingerprint density at radius 3 is 1.56 bits per heavy atom. The van der Waals surface area contributed by atoms with Crippen molar-refractivity contribution >= 4 is 31.1 Å². The predicted octanol–water partition coefficient (Wildman–Crippen LogP) is 7.33. The highest BCUT2D eigenvalue weighted by Gasteiger charge is 2.38. The van der Waals surface area contributed by atoms with Crippen LogP contribution in [-0.4, -0.2) is 44.2 Å². The van der Waals surface area contributed by atoms with Gasteiger partial charge in [-0.1, -0.05) is 97.8 Å². The van der Waals surface area contributed by atoms with Gasteiger partial charge in [0.1, 0.15) is 4.90 Å². The van der Waals surface area contributed by atoms with Gasteiger partial charge in [0, 0.05) is 6.42 Å². The summed E-state index contributed by atoms with van der Waals surface area (Å²) in [6.45, 7) is 5.72. The Balaban J connectivity index is 3.16. The first-order chi connectivity index (χ1) is 18.4. The molecule has 0 aliphatic rings. The molecule has 0 radical (unpaired) electrons. The molecule has 1 N–H and O–H groups in total. The molecule has 11 heteroatoms. The van der Waals surface area contributed by atoms with Crippen LogP contribution in [0.25, 0.3) is 0 Å². The van der Waals surface area contributed by atoms with Gasteiger partial charge in [0.2, 0.25) is 5.75 Å². The molecule has 224 valence electrons. The molecule has 0 aliphatic carbocycles. The van der Waals surface area contributed by atoms with Crippen LogP contribution in [0.4, 0.5) is 5.69 Å². The van der Waals surface area contributed by atoms with Gasteiger partial charge in [-0.25, -0.2) is 16.8 Å². The number of rotatable bonds is 22. The Morgan fingerprint density at radius 2 is 1.13 bits per heavy atom. The number of hydrogen-bond acceptors (Lipinski definition) is 8. The highest BCUT2D eigenvalue weighted by Crippen LogP contribution is 2.42. The molecule has 0 bridgehead atoms. The van der Waals surface area contributed by atoms with Crippen LogP contribution in [0, 0.1) is 10.1 Å². The normalized spacial score (nSPS) is 12.1. The van der Waals surface area contributed by atoms with E-state index in [2.05, 4.69) is 6.92 Å². The van der Waals surface area contributed by atoms with Crippen LogP contribution in [0.15, 0.2) is 15.9 Å². The van der Waals surface area contributed by atoms with Crippen LogP contribution in [-0.2, 0) is 19.7 Å². The summed E-state index contributed by atoms with van der Waals surface area (Å²) in [5, 5.41) is 22.7. The van der Waals surface area contributed by atoms with Crippen molar-refractivity contribution in [1.82, 2.24) is 0 Å². The van der Waals surface area contributed by atoms with E-state index in [1.807, 2.05) is 0 Å². The van der Waals surface area contributed by atoms with Gasteiger partial charge in [-0.2, -0.15) is 0 Å². The van der Waals surface area contributed by atoms with Crippen LogP contribution >= 0.6 is 0 Å². The molecule has 0 atom stereocenters. The van der Waals surface area contributed by atoms with Crippen LogP contribution < -0.4 is 0 Å². The fourth-order valence-corrected chi connectivity index (χ4v) is 7.94. The van der Waals surface area contributed by atoms with Gasteiger partial charge in [0.15, 0.2) is 25.5 Å². The second-order valence-corrected chi connectivity index (χ2v) is 14.4. The van der Waals surface area contributed by atoms with Crippen LogP contribution in [0.5, 0.6) is 5.75 Å². The summed E-state index contributed by atoms with van der Waals surface area (Å²) in [6.07, 6.45) is 13.0. The van der Waals surface area contributed by atoms with E-state index in [4.69, 9.17) is 0 Å². The zero-order valence-electron chi connectivity index (χ0n) is 23.9. The zero-order valence-corrected chi connectivity index (χ0v) is 25.5. The van der Waals surface area contributed by atoms with E-state index in [-0.39, 0.29) is 25.0 Å². The first kappa shape index (κ1) is 35.0. The summed E-state index contributed by atoms with van der Waals surface area (Å²) in [5.41, 5.74) is -1.80. The molecular formula is C28H47NO8S2. The van der Waals surface area contributed by atoms with Gasteiger partial charge in [0.05, 0.1) is 26.9 Å². The lowest BCUT2D eigenvalue weighted by atomic mass is 10.0. The summed E-state index contributed by atoms with van der Waals surface area (Å²) in [7, 11) is -8.47. The lowest BCUT2D eigenvalue weighted by Crippen LogP contribution is -2.17. The first-order valence-corrected chi connectivity index (χ1v) is 17.8. The minimum absolute atomic E-state index is 0.0973. The van der Waals surface area contributed by atoms with E-state index in [1.165, 1.54) is 38.5 Å². The number of unbranched alkanes of at least 4 members (excludes halogenated alkanes) is 12. The largest absolute Gasteiger partial charge is 0.502 e. The van der Waals surface area contributed by atoms with E-state index in [0.717, 1.165) is 31.7 Å². The van der Waals surface area contributed by atoms with Crippen molar-refractivity contribution in [2.24, 2.45) is 0 Å². The van der Waals surface area contributed by atoms with Crippen LogP contribution in [0.1, 0.15) is 134 Å². The van der Waals surface area contributed by atoms with Gasteiger partial charge in [-0.15, -0.1) is 0 Å². The maximum atomic E-state index is 13.2. The third kappa shape index (κ3) is 11.2. The number of carbonyl (C=O) groups is 1. The van der Waals surface area contributed by atoms with E-state index < -0.39 is 62.9 Å². The number of Topliss-reactive ketones (excluding diaryl/α,β-unsaturated/α-hetero) is 1. The Kier molecular flexibility index (Phi) is 15.8. The molecule has 9 nitrogen and oxygen atoms in total. The Labute approximate surface area is 234 Å². The van der Waals surface area contributed by atoms with Crippen molar-refractivity contribution in [3.63, 3.8) is 0 Å². The average Bonchev–Trinajstić information content (AvgIpc) is 2.88. The van der Waals surface area contributed by atoms with Crippen molar-refractivity contribution < 1.29 is 31.7 Å². The smallest absolute Gasteiger partial charge is 0.330 e. The molecule has 0 spiro atoms. The Bertz CT molecular complexity index is 1140. The summed E-state index contributed by atoms with van der Waals surface area (Å²) < 4.78 is 52.2. The molecule has 1 aromatic rings. The molecule has 39 heavy (non-hydrogen) atoms. The number of nitrogens with zero attached hydrogens (tertiary/aromatic N) is 1. The molecule has 0 amide bonds. The number of hydrogen-bond donors (Lipinski definition) is 1. The molecule has 1 rings (SSSR count). The lowest BCUT2D eigenvalue weighted by molar-refractivity contribution is -0.388. The second-order valence-electron chi connectivity index (χ2n) is 10.3. The number of ketones is 1. The van der Waals surface area contributed by atoms with Crippen molar-refractivity contribution in [2.75, 3.05) is 11.5 Å². The minimum atomic E-state index is -4.28. The molecule has 0 aromatic heterocycles. The van der Waals surface area contributed by atoms with E-state index in [1.54, 1.807) is 13.8 Å². The van der Waals surface area contributed by atoms with Gasteiger partial charge in [-0.3, -0.25) is 14.9 Å². The quantitative estimate of drug-likeness (QED) is 0.0639. The lowest BCUT2D eigenvalue weighted by Gasteiger charge is -2.15. The zero-order chi connectivity index (χ0) is 29.5. The van der Waals surface area contributed by atoms with Gasteiger partial charge < -0.3 is 5.11 Å². The van der Waals surface area contributed by atoms with Crippen LogP contribution in [0.3, 0.4) is 0 Å². The number of aromatic hydroxyl groups is 1. The summed E-state index contributed by atoms with van der Waals surface area (Å²) in [6, 6.07) is 0.724. The number of nitro groups is 1. The van der Waals surface area contributed by atoms with E-state index in [9.17, 15) is 36.9 Å². The topological polar surface area (TPSA) is 149 Å². The Morgan fingerprint density at radius 1 is 0.718 bits per heavy atom. The Hall–Kier alpha value is -2.01. The van der Waals surface area contributed by atoms with Gasteiger partial charge >= 0.3 is 5.69 Å². The summed E-state index contributed by atoms with van der Waals surface area (Å²) in [4.78, 5) is 22.5. The number of phenols is 1. The van der Waals surface area contributed by atoms with Crippen molar-refractivity contribution in [3.8, 4) is 5.75 Å². The van der Waals surface area contributed by atoms with Crippen molar-refractivity contribution in [3.05, 3.63) is 21.7 Å². The van der Waals surface area contributed by atoms with E-state index in [0.29, 0.717) is 19.3 Å². The number of benzene rings is 1. The molecule has 0 unspecified atom stereocenters. The number of nitro benzene ring substituents is 1. The number of carbonyl (C=O) groups excluding carboxylic acids is 1. The highest BCUT2D eigenvalue weighted by atomic mass is 32.2. The maximum absolute atomic E-state index is 13.2. The van der Waals surface area contributed by atoms with Crippen LogP contribution in [0.2, 0.25) is 0 Å². The monoisotopic (exact) mass is 589 g/mol. The van der Waals surface area contributed by atoms with E-state index >= 15 is 0 Å². The fraction of sp³-hybridized carbons (Fsp3) is 0.750. The third-order valence-electron chi connectivity index (χ3n) is 6.88. The number of phenolic OH excluding ortho intramolecular Hbond substituents is 1. The SMILES string of the molecule is CCCCCCCCCCCCCC(=O)c1c(S(=O)(=O)CCCC)cc(S(=O)(=O)CCCC)c([N+](=O)[O-])c1O. The van der Waals surface area contributed by atoms with Crippen molar-refractivity contribution in [2.45, 2.75) is 133 Å². The summed E-state index contributed by atoms with van der Waals surface area (Å²) >= 11 is 0. The summed E-state index contributed by atoms with van der Waals surface area (Å²) in [5.74, 6) is -2.72. The first-order valence-electron chi connectivity index (χ1n) is 14.5. The maximum Gasteiger partial charge on any atom is 0.330 e. The predicted molar refractivity (Wildman–Crippen MR) is 154 cm³/mol.